The van der Waals surface area contributed by atoms with Crippen LogP contribution in [-0.2, 0) is 11.3 Å². The highest BCUT2D eigenvalue weighted by molar-refractivity contribution is 5.86. The Bertz CT molecular complexity index is 896. The Kier molecular flexibility index (Phi) is 7.29. The van der Waals surface area contributed by atoms with E-state index in [4.69, 9.17) is 5.21 Å². The minimum atomic E-state index is -2.02. The molecule has 7 nitrogen and oxygen atoms in total. The molecule has 4 N–H and O–H groups in total. The number of aliphatic hydroxyl groups is 1. The first-order valence-corrected chi connectivity index (χ1v) is 9.40. The number of benzene rings is 1. The lowest BCUT2D eigenvalue weighted by atomic mass is 9.82. The van der Waals surface area contributed by atoms with Crippen molar-refractivity contribution in [3.05, 3.63) is 58.5 Å². The quantitative estimate of drug-likeness (QED) is 0.289. The number of nitrogens with one attached hydrogen (secondary N) is 2. The van der Waals surface area contributed by atoms with E-state index in [1.807, 2.05) is 37.3 Å². The Morgan fingerprint density at radius 2 is 1.83 bits per heavy atom. The van der Waals surface area contributed by atoms with Crippen LogP contribution in [0.5, 0.6) is 0 Å². The van der Waals surface area contributed by atoms with E-state index >= 15 is 0 Å². The number of aryl methyl sites for hydroxylation is 2. The summed E-state index contributed by atoms with van der Waals surface area (Å²) < 4.78 is 14.7. The minimum Gasteiger partial charge on any atom is -0.385 e. The molecule has 1 aromatic heterocycles. The van der Waals surface area contributed by atoms with Crippen LogP contribution < -0.4 is 16.4 Å². The number of pyridine rings is 1. The Balaban J connectivity index is 2.02. The maximum absolute atomic E-state index is 13.2. The molecule has 2 unspecified atom stereocenters. The molecule has 1 heterocycles. The molecule has 0 saturated heterocycles. The van der Waals surface area contributed by atoms with Crippen LogP contribution in [0.2, 0.25) is 0 Å². The van der Waals surface area contributed by atoms with Gasteiger partial charge in [-0.25, -0.2) is 9.87 Å². The molecule has 0 aliphatic carbocycles. The lowest BCUT2D eigenvalue weighted by Crippen LogP contribution is -2.68. The number of halogens is 1. The summed E-state index contributed by atoms with van der Waals surface area (Å²) in [6.07, 6.45) is 2.15. The number of hydrogen-bond donors (Lipinski definition) is 4. The van der Waals surface area contributed by atoms with Crippen molar-refractivity contribution in [1.29, 1.82) is 0 Å². The minimum absolute atomic E-state index is 0.158. The normalized spacial score (nSPS) is 15.4. The highest BCUT2D eigenvalue weighted by atomic mass is 19.1. The van der Waals surface area contributed by atoms with E-state index in [0.29, 0.717) is 13.0 Å². The van der Waals surface area contributed by atoms with E-state index in [0.717, 1.165) is 16.7 Å². The molecule has 2 rings (SSSR count). The zero-order valence-corrected chi connectivity index (χ0v) is 16.9. The molecule has 2 atom stereocenters. The van der Waals surface area contributed by atoms with Gasteiger partial charge in [0.1, 0.15) is 17.8 Å². The largest absolute Gasteiger partial charge is 0.385 e. The summed E-state index contributed by atoms with van der Waals surface area (Å²) in [5.41, 5.74) is 0.467. The van der Waals surface area contributed by atoms with Gasteiger partial charge in [0, 0.05) is 18.8 Å². The van der Waals surface area contributed by atoms with Crippen LogP contribution in [-0.4, -0.2) is 45.1 Å². The fraction of sp³-hybridized carbons (Fsp3) is 0.429. The van der Waals surface area contributed by atoms with E-state index < -0.39 is 23.7 Å². The van der Waals surface area contributed by atoms with Gasteiger partial charge in [0.25, 0.3) is 11.5 Å². The van der Waals surface area contributed by atoms with Crippen molar-refractivity contribution in [2.45, 2.75) is 44.9 Å². The molecule has 2 aromatic rings. The first kappa shape index (κ1) is 22.7. The second-order valence-corrected chi connectivity index (χ2v) is 7.57. The van der Waals surface area contributed by atoms with Gasteiger partial charge >= 0.3 is 0 Å². The SMILES string of the molecule is Cc1ccc(-c2ccn(CCCNC(C)(C(=O)NO)C(C)(O)CF)c(=O)c2)cc1. The van der Waals surface area contributed by atoms with Crippen LogP contribution in [0.4, 0.5) is 4.39 Å². The summed E-state index contributed by atoms with van der Waals surface area (Å²) in [4.78, 5) is 24.3. The molecule has 1 aromatic carbocycles. The van der Waals surface area contributed by atoms with Crippen molar-refractivity contribution in [2.75, 3.05) is 13.2 Å². The molecule has 8 heteroatoms. The smallest absolute Gasteiger partial charge is 0.266 e. The van der Waals surface area contributed by atoms with E-state index in [2.05, 4.69) is 5.32 Å². The molecule has 29 heavy (non-hydrogen) atoms. The first-order chi connectivity index (χ1) is 13.6. The fourth-order valence-corrected chi connectivity index (χ4v) is 2.97. The van der Waals surface area contributed by atoms with Gasteiger partial charge in [-0.1, -0.05) is 29.8 Å². The highest BCUT2D eigenvalue weighted by Gasteiger charge is 2.49. The van der Waals surface area contributed by atoms with Gasteiger partial charge in [-0.2, -0.15) is 0 Å². The van der Waals surface area contributed by atoms with Crippen LogP contribution in [0.15, 0.2) is 47.4 Å². The molecule has 0 spiro atoms. The Labute approximate surface area is 169 Å². The molecular formula is C21H28FN3O4. The Morgan fingerprint density at radius 1 is 1.17 bits per heavy atom. The highest BCUT2D eigenvalue weighted by Crippen LogP contribution is 2.23. The molecule has 0 saturated carbocycles. The molecule has 0 fully saturated rings. The van der Waals surface area contributed by atoms with Crippen molar-refractivity contribution < 1.29 is 19.5 Å². The standard InChI is InChI=1S/C21H28FN3O4/c1-15-5-7-16(8-6-15)17-9-12-25(18(26)13-17)11-4-10-23-21(3,19(27)24-29)20(2,28)14-22/h5-9,12-13,23,28-29H,4,10-11,14H2,1-3H3,(H,24,27). The van der Waals surface area contributed by atoms with E-state index in [1.54, 1.807) is 12.3 Å². The summed E-state index contributed by atoms with van der Waals surface area (Å²) in [6.45, 7) is 3.88. The first-order valence-electron chi connectivity index (χ1n) is 9.40. The molecule has 0 aliphatic heterocycles. The van der Waals surface area contributed by atoms with Gasteiger partial charge < -0.3 is 15.0 Å². The zero-order chi connectivity index (χ0) is 21.7. The topological polar surface area (TPSA) is 104 Å². The van der Waals surface area contributed by atoms with Crippen molar-refractivity contribution in [1.82, 2.24) is 15.4 Å². The number of amides is 1. The predicted octanol–water partition coefficient (Wildman–Crippen LogP) is 1.79. The second kappa shape index (κ2) is 9.30. The Hall–Kier alpha value is -2.55. The maximum atomic E-state index is 13.2. The molecule has 0 radical (unpaired) electrons. The Morgan fingerprint density at radius 3 is 2.38 bits per heavy atom. The number of carbonyl (C=O) groups excluding carboxylic acids is 1. The number of rotatable bonds is 9. The van der Waals surface area contributed by atoms with Crippen LogP contribution in [0.1, 0.15) is 25.8 Å². The number of hydroxylamine groups is 1. The number of alkyl halides is 1. The van der Waals surface area contributed by atoms with Crippen molar-refractivity contribution in [3.8, 4) is 11.1 Å². The number of hydrogen-bond acceptors (Lipinski definition) is 5. The van der Waals surface area contributed by atoms with Crippen LogP contribution in [0.3, 0.4) is 0 Å². The van der Waals surface area contributed by atoms with E-state index in [-0.39, 0.29) is 12.1 Å². The lowest BCUT2D eigenvalue weighted by Gasteiger charge is -2.39. The van der Waals surface area contributed by atoms with Gasteiger partial charge in [0.15, 0.2) is 0 Å². The van der Waals surface area contributed by atoms with Gasteiger partial charge in [0.2, 0.25) is 0 Å². The monoisotopic (exact) mass is 405 g/mol. The van der Waals surface area contributed by atoms with Crippen LogP contribution in [0.25, 0.3) is 11.1 Å². The third kappa shape index (κ3) is 5.09. The molecule has 0 aliphatic rings. The summed E-state index contributed by atoms with van der Waals surface area (Å²) >= 11 is 0. The third-order valence-corrected chi connectivity index (χ3v) is 5.33. The molecule has 0 bridgehead atoms. The van der Waals surface area contributed by atoms with Gasteiger partial charge in [0.05, 0.1) is 0 Å². The van der Waals surface area contributed by atoms with Crippen molar-refractivity contribution >= 4 is 5.91 Å². The average Bonchev–Trinajstić information content (AvgIpc) is 2.71. The summed E-state index contributed by atoms with van der Waals surface area (Å²) in [5, 5.41) is 21.9. The molecule has 158 valence electrons. The third-order valence-electron chi connectivity index (χ3n) is 5.33. The van der Waals surface area contributed by atoms with Gasteiger partial charge in [-0.3, -0.25) is 14.8 Å². The summed E-state index contributed by atoms with van der Waals surface area (Å²) in [5.74, 6) is -0.945. The summed E-state index contributed by atoms with van der Waals surface area (Å²) in [7, 11) is 0. The van der Waals surface area contributed by atoms with Crippen molar-refractivity contribution in [2.24, 2.45) is 0 Å². The molecule has 1 amide bonds. The molecular weight excluding hydrogens is 377 g/mol. The average molecular weight is 405 g/mol. The fourth-order valence-electron chi connectivity index (χ4n) is 2.97. The van der Waals surface area contributed by atoms with E-state index in [9.17, 15) is 19.1 Å². The van der Waals surface area contributed by atoms with Gasteiger partial charge in [-0.15, -0.1) is 0 Å². The predicted molar refractivity (Wildman–Crippen MR) is 108 cm³/mol. The zero-order valence-electron chi connectivity index (χ0n) is 16.9. The second-order valence-electron chi connectivity index (χ2n) is 7.57. The van der Waals surface area contributed by atoms with E-state index in [1.165, 1.54) is 23.9 Å². The van der Waals surface area contributed by atoms with Crippen LogP contribution in [0, 0.1) is 6.92 Å². The number of aromatic nitrogens is 1. The van der Waals surface area contributed by atoms with Gasteiger partial charge in [-0.05, 0) is 50.9 Å². The van der Waals surface area contributed by atoms with Crippen molar-refractivity contribution in [3.63, 3.8) is 0 Å². The maximum Gasteiger partial charge on any atom is 0.266 e. The number of carbonyl (C=O) groups is 1. The lowest BCUT2D eigenvalue weighted by molar-refractivity contribution is -0.148. The number of nitrogens with zero attached hydrogens (tertiary/aromatic N) is 1. The van der Waals surface area contributed by atoms with Crippen LogP contribution >= 0.6 is 0 Å². The summed E-state index contributed by atoms with van der Waals surface area (Å²) in [6, 6.07) is 11.3.